The molecule has 128 valence electrons. The molecule has 0 radical (unpaired) electrons. The molecule has 1 aromatic carbocycles. The van der Waals surface area contributed by atoms with Crippen molar-refractivity contribution < 1.29 is 8.83 Å². The summed E-state index contributed by atoms with van der Waals surface area (Å²) in [6.45, 7) is 10.3. The predicted molar refractivity (Wildman–Crippen MR) is 99.1 cm³/mol. The molecule has 0 aliphatic carbocycles. The van der Waals surface area contributed by atoms with Crippen LogP contribution in [0, 0.1) is 27.7 Å². The topological polar surface area (TPSA) is 43.4 Å². The fourth-order valence-corrected chi connectivity index (χ4v) is 3.65. The fraction of sp³-hybridized carbons (Fsp3) is 0.476. The van der Waals surface area contributed by atoms with Crippen LogP contribution in [0.1, 0.15) is 60.6 Å². The molecule has 3 nitrogen and oxygen atoms in total. The van der Waals surface area contributed by atoms with Gasteiger partial charge in [0.1, 0.15) is 16.9 Å². The van der Waals surface area contributed by atoms with Gasteiger partial charge in [-0.15, -0.1) is 0 Å². The molecule has 0 unspecified atom stereocenters. The highest BCUT2D eigenvalue weighted by Crippen LogP contribution is 2.36. The van der Waals surface area contributed by atoms with E-state index in [4.69, 9.17) is 8.83 Å². The third-order valence-electron chi connectivity index (χ3n) is 5.16. The molecule has 0 aliphatic heterocycles. The Hall–Kier alpha value is -2.03. The van der Waals surface area contributed by atoms with Gasteiger partial charge in [0.05, 0.1) is 5.39 Å². The molecule has 3 aromatic rings. The largest absolute Gasteiger partial charge is 0.460 e. The minimum Gasteiger partial charge on any atom is -0.460 e. The minimum atomic E-state index is -0.199. The van der Waals surface area contributed by atoms with Crippen LogP contribution in [-0.2, 0) is 6.42 Å². The van der Waals surface area contributed by atoms with Crippen molar-refractivity contribution in [3.05, 3.63) is 44.5 Å². The molecule has 0 bridgehead atoms. The Bertz CT molecular complexity index is 957. The normalized spacial score (nSPS) is 11.7. The van der Waals surface area contributed by atoms with Crippen molar-refractivity contribution >= 4 is 21.9 Å². The number of unbranched alkanes of at least 4 members (excludes halogenated alkanes) is 3. The van der Waals surface area contributed by atoms with Gasteiger partial charge in [0, 0.05) is 10.9 Å². The average Bonchev–Trinajstić information content (AvgIpc) is 2.82. The van der Waals surface area contributed by atoms with Gasteiger partial charge in [0.2, 0.25) is 0 Å². The van der Waals surface area contributed by atoms with E-state index >= 15 is 0 Å². The van der Waals surface area contributed by atoms with Crippen LogP contribution >= 0.6 is 0 Å². The molecule has 0 spiro atoms. The quantitative estimate of drug-likeness (QED) is 0.433. The van der Waals surface area contributed by atoms with E-state index in [9.17, 15) is 4.79 Å². The van der Waals surface area contributed by atoms with Crippen molar-refractivity contribution in [3.63, 3.8) is 0 Å². The second-order valence-electron chi connectivity index (χ2n) is 6.86. The lowest BCUT2D eigenvalue weighted by atomic mass is 9.97. The van der Waals surface area contributed by atoms with E-state index in [1.54, 1.807) is 0 Å². The second kappa shape index (κ2) is 6.46. The van der Waals surface area contributed by atoms with E-state index < -0.39 is 0 Å². The molecule has 2 heterocycles. The zero-order chi connectivity index (χ0) is 17.4. The third kappa shape index (κ3) is 2.66. The first-order valence-electron chi connectivity index (χ1n) is 8.91. The predicted octanol–water partition coefficient (Wildman–Crippen LogP) is 5.90. The minimum absolute atomic E-state index is 0.199. The van der Waals surface area contributed by atoms with E-state index in [1.807, 2.05) is 26.8 Å². The first-order chi connectivity index (χ1) is 11.5. The Kier molecular flexibility index (Phi) is 4.53. The van der Waals surface area contributed by atoms with Crippen LogP contribution in [0.15, 0.2) is 19.7 Å². The van der Waals surface area contributed by atoms with Crippen LogP contribution in [0.2, 0.25) is 0 Å². The van der Waals surface area contributed by atoms with Crippen LogP contribution in [-0.4, -0.2) is 0 Å². The van der Waals surface area contributed by atoms with Gasteiger partial charge in [-0.25, -0.2) is 4.79 Å². The molecule has 0 atom stereocenters. The van der Waals surface area contributed by atoms with Gasteiger partial charge in [-0.05, 0) is 63.3 Å². The summed E-state index contributed by atoms with van der Waals surface area (Å²) in [4.78, 5) is 12.4. The van der Waals surface area contributed by atoms with Gasteiger partial charge < -0.3 is 8.83 Å². The van der Waals surface area contributed by atoms with Gasteiger partial charge in [0.25, 0.3) is 0 Å². The zero-order valence-electron chi connectivity index (χ0n) is 15.3. The summed E-state index contributed by atoms with van der Waals surface area (Å²) >= 11 is 0. The number of aryl methyl sites for hydroxylation is 4. The Labute approximate surface area is 142 Å². The highest BCUT2D eigenvalue weighted by atomic mass is 16.4. The van der Waals surface area contributed by atoms with Crippen molar-refractivity contribution in [2.24, 2.45) is 0 Å². The first-order valence-corrected chi connectivity index (χ1v) is 8.91. The molecule has 0 fully saturated rings. The van der Waals surface area contributed by atoms with Crippen LogP contribution in [0.3, 0.4) is 0 Å². The van der Waals surface area contributed by atoms with E-state index in [-0.39, 0.29) is 5.63 Å². The second-order valence-corrected chi connectivity index (χ2v) is 6.86. The molecule has 24 heavy (non-hydrogen) atoms. The summed E-state index contributed by atoms with van der Waals surface area (Å²) in [5.41, 5.74) is 5.36. The van der Waals surface area contributed by atoms with Crippen molar-refractivity contribution in [2.75, 3.05) is 0 Å². The summed E-state index contributed by atoms with van der Waals surface area (Å²) in [5.74, 6) is 0.927. The maximum atomic E-state index is 12.4. The fourth-order valence-electron chi connectivity index (χ4n) is 3.65. The van der Waals surface area contributed by atoms with Crippen molar-refractivity contribution in [2.45, 2.75) is 66.7 Å². The Morgan fingerprint density at radius 2 is 1.67 bits per heavy atom. The van der Waals surface area contributed by atoms with E-state index in [1.165, 1.54) is 18.4 Å². The molecule has 2 aromatic heterocycles. The highest BCUT2D eigenvalue weighted by molar-refractivity contribution is 6.07. The standard InChI is InChI=1S/C21H26O3/c1-6-7-8-9-10-16-14(4)19-17(24-21(16)22)11-12(2)18-13(3)15(5)23-20(18)19/h11H,6-10H2,1-5H3. The third-order valence-corrected chi connectivity index (χ3v) is 5.16. The molecule has 0 N–H and O–H groups in total. The molecule has 0 saturated heterocycles. The smallest absolute Gasteiger partial charge is 0.339 e. The lowest BCUT2D eigenvalue weighted by Gasteiger charge is -2.09. The van der Waals surface area contributed by atoms with E-state index in [2.05, 4.69) is 13.8 Å². The molecular weight excluding hydrogens is 300 g/mol. The molecule has 3 rings (SSSR count). The molecule has 3 heteroatoms. The zero-order valence-corrected chi connectivity index (χ0v) is 15.3. The number of hydrogen-bond donors (Lipinski definition) is 0. The SMILES string of the molecule is CCCCCCc1c(C)c2c(cc(C)c3c(C)c(C)oc32)oc1=O. The number of fused-ring (bicyclic) bond motifs is 3. The first kappa shape index (κ1) is 16.8. The summed E-state index contributed by atoms with van der Waals surface area (Å²) in [6, 6.07) is 1.97. The number of benzene rings is 1. The summed E-state index contributed by atoms with van der Waals surface area (Å²) in [6.07, 6.45) is 5.35. The van der Waals surface area contributed by atoms with Crippen molar-refractivity contribution in [1.82, 2.24) is 0 Å². The monoisotopic (exact) mass is 326 g/mol. The van der Waals surface area contributed by atoms with E-state index in [0.717, 1.165) is 58.1 Å². The van der Waals surface area contributed by atoms with E-state index in [0.29, 0.717) is 5.58 Å². The Morgan fingerprint density at radius 1 is 0.917 bits per heavy atom. The van der Waals surface area contributed by atoms with Gasteiger partial charge >= 0.3 is 5.63 Å². The van der Waals surface area contributed by atoms with Gasteiger partial charge in [-0.1, -0.05) is 26.2 Å². The van der Waals surface area contributed by atoms with Gasteiger partial charge in [-0.2, -0.15) is 0 Å². The Balaban J connectivity index is 2.22. The average molecular weight is 326 g/mol. The summed E-state index contributed by atoms with van der Waals surface area (Å²) in [5, 5.41) is 2.10. The number of furan rings is 1. The molecular formula is C21H26O3. The maximum absolute atomic E-state index is 12.4. The van der Waals surface area contributed by atoms with Gasteiger partial charge in [0.15, 0.2) is 0 Å². The summed E-state index contributed by atoms with van der Waals surface area (Å²) in [7, 11) is 0. The van der Waals surface area contributed by atoms with Crippen LogP contribution < -0.4 is 5.63 Å². The van der Waals surface area contributed by atoms with Crippen LogP contribution in [0.4, 0.5) is 0 Å². The molecule has 0 aliphatic rings. The molecule has 0 amide bonds. The lowest BCUT2D eigenvalue weighted by Crippen LogP contribution is -2.10. The molecule has 0 saturated carbocycles. The van der Waals surface area contributed by atoms with Crippen LogP contribution in [0.5, 0.6) is 0 Å². The maximum Gasteiger partial charge on any atom is 0.339 e. The van der Waals surface area contributed by atoms with Gasteiger partial charge in [-0.3, -0.25) is 0 Å². The highest BCUT2D eigenvalue weighted by Gasteiger charge is 2.19. The number of rotatable bonds is 5. The Morgan fingerprint density at radius 3 is 2.38 bits per heavy atom. The van der Waals surface area contributed by atoms with Crippen molar-refractivity contribution in [1.29, 1.82) is 0 Å². The number of hydrogen-bond acceptors (Lipinski definition) is 3. The van der Waals surface area contributed by atoms with Crippen molar-refractivity contribution in [3.8, 4) is 0 Å². The summed E-state index contributed by atoms with van der Waals surface area (Å²) < 4.78 is 11.7. The lowest BCUT2D eigenvalue weighted by molar-refractivity contribution is 0.540. The van der Waals surface area contributed by atoms with Crippen LogP contribution in [0.25, 0.3) is 21.9 Å².